The molecule has 0 aromatic carbocycles. The normalized spacial score (nSPS) is 10.1. The molecule has 1 radical (unpaired) electrons. The molecule has 1 aromatic heterocycles. The van der Waals surface area contributed by atoms with Crippen LogP contribution in [0.25, 0.3) is 0 Å². The van der Waals surface area contributed by atoms with Crippen molar-refractivity contribution in [2.45, 2.75) is 13.3 Å². The minimum atomic E-state index is -0.0974. The van der Waals surface area contributed by atoms with Crippen molar-refractivity contribution >= 4 is 11.6 Å². The minimum absolute atomic E-state index is 0.0974. The first kappa shape index (κ1) is 8.50. The molecule has 0 saturated carbocycles. The lowest BCUT2D eigenvalue weighted by atomic mass is 10.2. The molecule has 0 N–H and O–H groups in total. The number of aryl methyl sites for hydroxylation is 1. The van der Waals surface area contributed by atoms with Gasteiger partial charge in [-0.25, -0.2) is 10.1 Å². The van der Waals surface area contributed by atoms with Crippen LogP contribution in [0.15, 0.2) is 12.1 Å². The summed E-state index contributed by atoms with van der Waals surface area (Å²) >= 11 is 5.67. The van der Waals surface area contributed by atoms with Crippen LogP contribution in [-0.4, -0.2) is 11.6 Å². The van der Waals surface area contributed by atoms with Gasteiger partial charge in [0.25, 0.3) is 0 Å². The lowest BCUT2D eigenvalue weighted by molar-refractivity contribution is 0.197. The smallest absolute Gasteiger partial charge is 0.129 e. The second-order valence-corrected chi connectivity index (χ2v) is 2.78. The Balaban J connectivity index is 2.89. The Morgan fingerprint density at radius 2 is 2.27 bits per heavy atom. The van der Waals surface area contributed by atoms with Crippen molar-refractivity contribution in [3.05, 3.63) is 28.5 Å². The number of hydrogen-bond donors (Lipinski definition) is 0. The molecule has 0 spiro atoms. The monoisotopic (exact) mass is 170 g/mol. The van der Waals surface area contributed by atoms with E-state index in [4.69, 9.17) is 11.6 Å². The highest BCUT2D eigenvalue weighted by Crippen LogP contribution is 2.10. The fourth-order valence-corrected chi connectivity index (χ4v) is 1.23. The number of rotatable bonds is 2. The molecular formula is C8H9ClNO. The van der Waals surface area contributed by atoms with Gasteiger partial charge < -0.3 is 0 Å². The third kappa shape index (κ3) is 2.48. The molecule has 0 fully saturated rings. The molecule has 0 aliphatic rings. The summed E-state index contributed by atoms with van der Waals surface area (Å²) in [5.41, 5.74) is 1.83. The van der Waals surface area contributed by atoms with E-state index in [9.17, 15) is 5.11 Å². The van der Waals surface area contributed by atoms with Crippen molar-refractivity contribution < 1.29 is 5.11 Å². The van der Waals surface area contributed by atoms with E-state index in [1.54, 1.807) is 6.07 Å². The highest BCUT2D eigenvalue weighted by molar-refractivity contribution is 6.29. The predicted octanol–water partition coefficient (Wildman–Crippen LogP) is 2.02. The summed E-state index contributed by atoms with van der Waals surface area (Å²) < 4.78 is 0. The molecule has 0 saturated heterocycles. The average Bonchev–Trinajstić information content (AvgIpc) is 1.85. The molecule has 1 aromatic rings. The van der Waals surface area contributed by atoms with E-state index >= 15 is 0 Å². The molecule has 0 aliphatic heterocycles. The van der Waals surface area contributed by atoms with E-state index in [1.807, 2.05) is 13.0 Å². The zero-order chi connectivity index (χ0) is 8.27. The SMILES string of the molecule is Cc1cc(CC[O])cc(Cl)n1. The molecular weight excluding hydrogens is 162 g/mol. The van der Waals surface area contributed by atoms with Gasteiger partial charge in [0.05, 0.1) is 6.61 Å². The molecule has 0 bridgehead atoms. The van der Waals surface area contributed by atoms with Gasteiger partial charge in [0.2, 0.25) is 0 Å². The van der Waals surface area contributed by atoms with Gasteiger partial charge in [0.15, 0.2) is 0 Å². The Bertz CT molecular complexity index is 230. The minimum Gasteiger partial charge on any atom is -0.241 e. The lowest BCUT2D eigenvalue weighted by Crippen LogP contribution is -1.92. The van der Waals surface area contributed by atoms with Gasteiger partial charge in [-0.15, -0.1) is 0 Å². The van der Waals surface area contributed by atoms with E-state index in [2.05, 4.69) is 4.98 Å². The molecule has 0 amide bonds. The maximum atomic E-state index is 10.3. The van der Waals surface area contributed by atoms with Crippen LogP contribution in [0.3, 0.4) is 0 Å². The molecule has 11 heavy (non-hydrogen) atoms. The Hall–Kier alpha value is -0.600. The van der Waals surface area contributed by atoms with Gasteiger partial charge in [0.1, 0.15) is 5.15 Å². The van der Waals surface area contributed by atoms with Crippen LogP contribution in [0.5, 0.6) is 0 Å². The quantitative estimate of drug-likeness (QED) is 0.625. The van der Waals surface area contributed by atoms with Crippen LogP contribution in [-0.2, 0) is 11.5 Å². The first-order valence-corrected chi connectivity index (χ1v) is 3.81. The topological polar surface area (TPSA) is 32.8 Å². The third-order valence-electron chi connectivity index (χ3n) is 1.37. The number of halogens is 1. The average molecular weight is 171 g/mol. The number of pyridine rings is 1. The zero-order valence-electron chi connectivity index (χ0n) is 6.30. The van der Waals surface area contributed by atoms with Gasteiger partial charge in [-0.2, -0.15) is 0 Å². The van der Waals surface area contributed by atoms with E-state index < -0.39 is 0 Å². The number of hydrogen-bond acceptors (Lipinski definition) is 1. The molecule has 1 heterocycles. The first-order valence-electron chi connectivity index (χ1n) is 3.43. The van der Waals surface area contributed by atoms with E-state index in [0.29, 0.717) is 11.6 Å². The molecule has 0 atom stereocenters. The second kappa shape index (κ2) is 3.69. The molecule has 59 valence electrons. The van der Waals surface area contributed by atoms with Crippen molar-refractivity contribution in [2.75, 3.05) is 6.61 Å². The van der Waals surface area contributed by atoms with Crippen molar-refractivity contribution in [3.8, 4) is 0 Å². The van der Waals surface area contributed by atoms with Crippen molar-refractivity contribution in [1.29, 1.82) is 0 Å². The fourth-order valence-electron chi connectivity index (χ4n) is 0.958. The molecule has 0 unspecified atom stereocenters. The summed E-state index contributed by atoms with van der Waals surface area (Å²) in [5, 5.41) is 10.7. The second-order valence-electron chi connectivity index (χ2n) is 2.39. The molecule has 0 aliphatic carbocycles. The fraction of sp³-hybridized carbons (Fsp3) is 0.375. The summed E-state index contributed by atoms with van der Waals surface area (Å²) in [4.78, 5) is 3.98. The van der Waals surface area contributed by atoms with Gasteiger partial charge in [-0.05, 0) is 31.0 Å². The van der Waals surface area contributed by atoms with Crippen molar-refractivity contribution in [3.63, 3.8) is 0 Å². The van der Waals surface area contributed by atoms with Crippen molar-refractivity contribution in [2.24, 2.45) is 0 Å². The highest BCUT2D eigenvalue weighted by atomic mass is 35.5. The summed E-state index contributed by atoms with van der Waals surface area (Å²) in [6.07, 6.45) is 0.531. The number of nitrogens with zero attached hydrogens (tertiary/aromatic N) is 1. The van der Waals surface area contributed by atoms with Crippen molar-refractivity contribution in [1.82, 2.24) is 4.98 Å². The summed E-state index contributed by atoms with van der Waals surface area (Å²) in [5.74, 6) is 0. The first-order chi connectivity index (χ1) is 5.22. The van der Waals surface area contributed by atoms with Gasteiger partial charge in [0, 0.05) is 5.69 Å². The maximum absolute atomic E-state index is 10.3. The Morgan fingerprint density at radius 1 is 1.55 bits per heavy atom. The Kier molecular flexibility index (Phi) is 2.85. The largest absolute Gasteiger partial charge is 0.241 e. The highest BCUT2D eigenvalue weighted by Gasteiger charge is 1.96. The van der Waals surface area contributed by atoms with Crippen LogP contribution in [0.4, 0.5) is 0 Å². The molecule has 2 nitrogen and oxygen atoms in total. The zero-order valence-corrected chi connectivity index (χ0v) is 7.06. The Morgan fingerprint density at radius 3 is 2.82 bits per heavy atom. The van der Waals surface area contributed by atoms with E-state index in [1.165, 1.54) is 0 Å². The van der Waals surface area contributed by atoms with E-state index in [-0.39, 0.29) is 6.61 Å². The van der Waals surface area contributed by atoms with Gasteiger partial charge in [-0.3, -0.25) is 0 Å². The van der Waals surface area contributed by atoms with Crippen LogP contribution < -0.4 is 0 Å². The van der Waals surface area contributed by atoms with E-state index in [0.717, 1.165) is 11.3 Å². The molecule has 3 heteroatoms. The predicted molar refractivity (Wildman–Crippen MR) is 43.2 cm³/mol. The summed E-state index contributed by atoms with van der Waals surface area (Å²) in [6.45, 7) is 1.76. The van der Waals surface area contributed by atoms with Crippen LogP contribution in [0.1, 0.15) is 11.3 Å². The van der Waals surface area contributed by atoms with Gasteiger partial charge in [-0.1, -0.05) is 11.6 Å². The Labute approximate surface area is 70.8 Å². The summed E-state index contributed by atoms with van der Waals surface area (Å²) in [6, 6.07) is 3.61. The lowest BCUT2D eigenvalue weighted by Gasteiger charge is -1.99. The standard InChI is InChI=1S/C8H9ClNO/c1-6-4-7(2-3-11)5-8(9)10-6/h4-5H,2-3H2,1H3. The van der Waals surface area contributed by atoms with Crippen LogP contribution in [0.2, 0.25) is 5.15 Å². The molecule has 1 rings (SSSR count). The van der Waals surface area contributed by atoms with Crippen LogP contribution >= 0.6 is 11.6 Å². The van der Waals surface area contributed by atoms with Crippen LogP contribution in [0, 0.1) is 6.92 Å². The number of aromatic nitrogens is 1. The maximum Gasteiger partial charge on any atom is 0.129 e. The van der Waals surface area contributed by atoms with Gasteiger partial charge >= 0.3 is 0 Å². The summed E-state index contributed by atoms with van der Waals surface area (Å²) in [7, 11) is 0. The third-order valence-corrected chi connectivity index (χ3v) is 1.57.